The number of carbonyl (C=O) groups is 1. The van der Waals surface area contributed by atoms with Crippen LogP contribution in [0.3, 0.4) is 0 Å². The number of nitrogens with two attached hydrogens (primary N) is 1. The molecule has 0 unspecified atom stereocenters. The molecule has 0 bridgehead atoms. The third kappa shape index (κ3) is 4.19. The molecule has 0 aliphatic heterocycles. The summed E-state index contributed by atoms with van der Waals surface area (Å²) in [7, 11) is 0. The molecule has 0 radical (unpaired) electrons. The Morgan fingerprint density at radius 1 is 1.29 bits per heavy atom. The average Bonchev–Trinajstić information content (AvgIpc) is 2.25. The topological polar surface area (TPSA) is 55.1 Å². The first-order valence-corrected chi connectivity index (χ1v) is 5.89. The molecule has 0 aromatic heterocycles. The highest BCUT2D eigenvalue weighted by molar-refractivity contribution is 5.82. The van der Waals surface area contributed by atoms with Gasteiger partial charge in [-0.2, -0.15) is 0 Å². The van der Waals surface area contributed by atoms with Crippen LogP contribution in [-0.2, 0) is 11.3 Å². The minimum absolute atomic E-state index is 0.0990. The molecule has 94 valence electrons. The summed E-state index contributed by atoms with van der Waals surface area (Å²) >= 11 is 0. The molecule has 0 aliphatic carbocycles. The van der Waals surface area contributed by atoms with Crippen LogP contribution in [0.2, 0.25) is 0 Å². The normalized spacial score (nSPS) is 13.2. The lowest BCUT2D eigenvalue weighted by atomic mass is 9.87. The smallest absolute Gasteiger partial charge is 0.237 e. The minimum Gasteiger partial charge on any atom is -0.351 e. The van der Waals surface area contributed by atoms with Crippen molar-refractivity contribution in [2.24, 2.45) is 11.1 Å². The van der Waals surface area contributed by atoms with Crippen molar-refractivity contribution >= 4 is 5.91 Å². The number of hydrogen-bond donors (Lipinski definition) is 2. The van der Waals surface area contributed by atoms with Gasteiger partial charge in [0.2, 0.25) is 5.91 Å². The first kappa shape index (κ1) is 13.7. The summed E-state index contributed by atoms with van der Waals surface area (Å²) in [6.07, 6.45) is 0. The number of hydrogen-bond acceptors (Lipinski definition) is 2. The van der Waals surface area contributed by atoms with Gasteiger partial charge in [-0.15, -0.1) is 0 Å². The van der Waals surface area contributed by atoms with Crippen LogP contribution in [0.25, 0.3) is 0 Å². The van der Waals surface area contributed by atoms with E-state index in [9.17, 15) is 4.79 Å². The number of nitrogens with one attached hydrogen (secondary N) is 1. The Balaban J connectivity index is 2.51. The van der Waals surface area contributed by atoms with Gasteiger partial charge in [-0.3, -0.25) is 4.79 Å². The fraction of sp³-hybridized carbons (Fsp3) is 0.500. The number of aryl methyl sites for hydroxylation is 1. The monoisotopic (exact) mass is 234 g/mol. The van der Waals surface area contributed by atoms with E-state index < -0.39 is 6.04 Å². The van der Waals surface area contributed by atoms with Crippen molar-refractivity contribution < 1.29 is 4.79 Å². The van der Waals surface area contributed by atoms with Crippen molar-refractivity contribution in [2.45, 2.75) is 40.3 Å². The van der Waals surface area contributed by atoms with Crippen LogP contribution >= 0.6 is 0 Å². The van der Waals surface area contributed by atoms with Crippen molar-refractivity contribution in [3.05, 3.63) is 35.4 Å². The summed E-state index contributed by atoms with van der Waals surface area (Å²) in [5.41, 5.74) is 7.96. The number of carbonyl (C=O) groups excluding carboxylic acids is 1. The van der Waals surface area contributed by atoms with E-state index in [4.69, 9.17) is 5.73 Å². The van der Waals surface area contributed by atoms with Gasteiger partial charge in [0.1, 0.15) is 0 Å². The highest BCUT2D eigenvalue weighted by Gasteiger charge is 2.26. The van der Waals surface area contributed by atoms with Crippen LogP contribution in [0, 0.1) is 12.3 Å². The molecule has 3 heteroatoms. The van der Waals surface area contributed by atoms with Gasteiger partial charge in [-0.1, -0.05) is 50.6 Å². The van der Waals surface area contributed by atoms with Crippen LogP contribution in [-0.4, -0.2) is 11.9 Å². The van der Waals surface area contributed by atoms with Gasteiger partial charge >= 0.3 is 0 Å². The molecular weight excluding hydrogens is 212 g/mol. The zero-order valence-electron chi connectivity index (χ0n) is 11.1. The van der Waals surface area contributed by atoms with Crippen LogP contribution in [0.15, 0.2) is 24.3 Å². The third-order valence-electron chi connectivity index (χ3n) is 2.80. The quantitative estimate of drug-likeness (QED) is 0.840. The lowest BCUT2D eigenvalue weighted by Crippen LogP contribution is -2.48. The Bertz CT molecular complexity index is 376. The Hall–Kier alpha value is -1.35. The second-order valence-electron chi connectivity index (χ2n) is 5.55. The molecule has 0 aliphatic rings. The summed E-state index contributed by atoms with van der Waals surface area (Å²) < 4.78 is 0. The van der Waals surface area contributed by atoms with Gasteiger partial charge in [0.25, 0.3) is 0 Å². The van der Waals surface area contributed by atoms with E-state index in [1.165, 1.54) is 5.56 Å². The SMILES string of the molecule is Cc1ccc(CNC(=O)[C@@H](N)C(C)(C)C)cc1. The number of benzene rings is 1. The molecule has 0 heterocycles. The van der Waals surface area contributed by atoms with Crippen LogP contribution < -0.4 is 11.1 Å². The Morgan fingerprint density at radius 3 is 2.29 bits per heavy atom. The van der Waals surface area contributed by atoms with Crippen molar-refractivity contribution in [3.8, 4) is 0 Å². The molecule has 0 saturated heterocycles. The highest BCUT2D eigenvalue weighted by atomic mass is 16.2. The highest BCUT2D eigenvalue weighted by Crippen LogP contribution is 2.17. The number of rotatable bonds is 3. The molecule has 0 saturated carbocycles. The Kier molecular flexibility index (Phi) is 4.29. The van der Waals surface area contributed by atoms with E-state index >= 15 is 0 Å². The fourth-order valence-corrected chi connectivity index (χ4v) is 1.40. The maximum Gasteiger partial charge on any atom is 0.237 e. The molecule has 3 nitrogen and oxygen atoms in total. The lowest BCUT2D eigenvalue weighted by Gasteiger charge is -2.25. The van der Waals surface area contributed by atoms with Crippen LogP contribution in [0.4, 0.5) is 0 Å². The Labute approximate surface area is 103 Å². The Morgan fingerprint density at radius 2 is 1.82 bits per heavy atom. The van der Waals surface area contributed by atoms with Gasteiger partial charge in [0, 0.05) is 6.54 Å². The molecule has 1 amide bonds. The molecule has 1 aromatic carbocycles. The summed E-state index contributed by atoms with van der Waals surface area (Å²) in [6.45, 7) is 8.45. The molecule has 0 fully saturated rings. The first-order valence-electron chi connectivity index (χ1n) is 5.89. The summed E-state index contributed by atoms with van der Waals surface area (Å²) in [5, 5.41) is 2.86. The van der Waals surface area contributed by atoms with E-state index in [1.54, 1.807) is 0 Å². The van der Waals surface area contributed by atoms with Crippen LogP contribution in [0.1, 0.15) is 31.9 Å². The van der Waals surface area contributed by atoms with Crippen molar-refractivity contribution in [3.63, 3.8) is 0 Å². The standard InChI is InChI=1S/C14H22N2O/c1-10-5-7-11(8-6-10)9-16-13(17)12(15)14(2,3)4/h5-8,12H,9,15H2,1-4H3,(H,16,17)/t12-/m1/s1. The van der Waals surface area contributed by atoms with E-state index in [0.717, 1.165) is 5.56 Å². The third-order valence-corrected chi connectivity index (χ3v) is 2.80. The van der Waals surface area contributed by atoms with Gasteiger partial charge < -0.3 is 11.1 Å². The zero-order valence-corrected chi connectivity index (χ0v) is 11.1. The van der Waals surface area contributed by atoms with Crippen molar-refractivity contribution in [2.75, 3.05) is 0 Å². The van der Waals surface area contributed by atoms with E-state index in [1.807, 2.05) is 52.0 Å². The predicted octanol–water partition coefficient (Wildman–Crippen LogP) is 1.98. The molecular formula is C14H22N2O. The molecule has 0 spiro atoms. The van der Waals surface area contributed by atoms with Gasteiger partial charge in [-0.05, 0) is 17.9 Å². The number of amides is 1. The largest absolute Gasteiger partial charge is 0.351 e. The summed E-state index contributed by atoms with van der Waals surface area (Å²) in [6, 6.07) is 7.61. The minimum atomic E-state index is -0.479. The maximum absolute atomic E-state index is 11.8. The molecule has 1 rings (SSSR count). The van der Waals surface area contributed by atoms with Crippen molar-refractivity contribution in [1.82, 2.24) is 5.32 Å². The predicted molar refractivity (Wildman–Crippen MR) is 70.5 cm³/mol. The van der Waals surface area contributed by atoms with Gasteiger partial charge in [0.15, 0.2) is 0 Å². The second-order valence-corrected chi connectivity index (χ2v) is 5.55. The van der Waals surface area contributed by atoms with Gasteiger partial charge in [0.05, 0.1) is 6.04 Å². The van der Waals surface area contributed by atoms with Crippen molar-refractivity contribution in [1.29, 1.82) is 0 Å². The molecule has 17 heavy (non-hydrogen) atoms. The summed E-state index contributed by atoms with van der Waals surface area (Å²) in [5.74, 6) is -0.0990. The first-order chi connectivity index (χ1) is 7.80. The van der Waals surface area contributed by atoms with Crippen LogP contribution in [0.5, 0.6) is 0 Å². The summed E-state index contributed by atoms with van der Waals surface area (Å²) in [4.78, 5) is 11.8. The van der Waals surface area contributed by atoms with E-state index in [0.29, 0.717) is 6.54 Å². The van der Waals surface area contributed by atoms with E-state index in [2.05, 4.69) is 5.32 Å². The second kappa shape index (κ2) is 5.32. The lowest BCUT2D eigenvalue weighted by molar-refractivity contribution is -0.124. The average molecular weight is 234 g/mol. The molecule has 1 aromatic rings. The molecule has 3 N–H and O–H groups in total. The molecule has 1 atom stereocenters. The van der Waals surface area contributed by atoms with E-state index in [-0.39, 0.29) is 11.3 Å². The zero-order chi connectivity index (χ0) is 13.1. The fourth-order valence-electron chi connectivity index (χ4n) is 1.40. The van der Waals surface area contributed by atoms with Gasteiger partial charge in [-0.25, -0.2) is 0 Å². The maximum atomic E-state index is 11.8.